The van der Waals surface area contributed by atoms with Crippen LogP contribution in [0.5, 0.6) is 5.75 Å². The molecule has 0 spiro atoms. The van der Waals surface area contributed by atoms with Gasteiger partial charge in [0.1, 0.15) is 5.75 Å². The summed E-state index contributed by atoms with van der Waals surface area (Å²) in [4.78, 5) is 16.4. The summed E-state index contributed by atoms with van der Waals surface area (Å²) in [7, 11) is 1.85. The molecule has 0 aliphatic carbocycles. The van der Waals surface area contributed by atoms with E-state index in [2.05, 4.69) is 15.4 Å². The standard InChI is InChI=1S/C18H20N4O2/c1-11-5-6-15(7-12(11)2)24-10-17(23)20-14-8-16-13(3)21-22(4)18(16)19-9-14/h5-9H,10H2,1-4H3,(H,20,23). The fraction of sp³-hybridized carbons (Fsp3) is 0.278. The molecule has 0 bridgehead atoms. The van der Waals surface area contributed by atoms with Crippen molar-refractivity contribution in [2.24, 2.45) is 7.05 Å². The highest BCUT2D eigenvalue weighted by Crippen LogP contribution is 2.19. The van der Waals surface area contributed by atoms with E-state index in [0.29, 0.717) is 11.4 Å². The first-order chi connectivity index (χ1) is 11.4. The molecule has 2 heterocycles. The highest BCUT2D eigenvalue weighted by molar-refractivity contribution is 5.94. The Morgan fingerprint density at radius 3 is 2.75 bits per heavy atom. The molecule has 0 fully saturated rings. The lowest BCUT2D eigenvalue weighted by Gasteiger charge is -2.09. The SMILES string of the molecule is Cc1ccc(OCC(=O)Nc2cnc3c(c2)c(C)nn3C)cc1C. The molecule has 3 rings (SSSR count). The van der Waals surface area contributed by atoms with E-state index >= 15 is 0 Å². The highest BCUT2D eigenvalue weighted by atomic mass is 16.5. The summed E-state index contributed by atoms with van der Waals surface area (Å²) in [6, 6.07) is 7.64. The van der Waals surface area contributed by atoms with Crippen LogP contribution >= 0.6 is 0 Å². The minimum atomic E-state index is -0.226. The number of pyridine rings is 1. The number of ether oxygens (including phenoxy) is 1. The van der Waals surface area contributed by atoms with Crippen molar-refractivity contribution in [2.45, 2.75) is 20.8 Å². The lowest BCUT2D eigenvalue weighted by Crippen LogP contribution is -2.20. The fourth-order valence-corrected chi connectivity index (χ4v) is 2.53. The van der Waals surface area contributed by atoms with Gasteiger partial charge in [-0.25, -0.2) is 4.98 Å². The van der Waals surface area contributed by atoms with Gasteiger partial charge in [0.15, 0.2) is 12.3 Å². The van der Waals surface area contributed by atoms with Gasteiger partial charge in [-0.2, -0.15) is 5.10 Å². The van der Waals surface area contributed by atoms with Crippen LogP contribution in [-0.4, -0.2) is 27.3 Å². The molecule has 0 aliphatic heterocycles. The smallest absolute Gasteiger partial charge is 0.262 e. The molecule has 24 heavy (non-hydrogen) atoms. The molecule has 1 amide bonds. The third kappa shape index (κ3) is 3.22. The Balaban J connectivity index is 1.66. The Labute approximate surface area is 140 Å². The first-order valence-electron chi connectivity index (χ1n) is 7.73. The Hall–Kier alpha value is -2.89. The molecular formula is C18H20N4O2. The zero-order valence-electron chi connectivity index (χ0n) is 14.3. The van der Waals surface area contributed by atoms with Gasteiger partial charge in [-0.15, -0.1) is 0 Å². The third-order valence-electron chi connectivity index (χ3n) is 4.00. The number of hydrogen-bond donors (Lipinski definition) is 1. The molecule has 0 aliphatic rings. The number of carbonyl (C=O) groups is 1. The number of carbonyl (C=O) groups excluding carboxylic acids is 1. The van der Waals surface area contributed by atoms with Gasteiger partial charge < -0.3 is 10.1 Å². The van der Waals surface area contributed by atoms with E-state index in [-0.39, 0.29) is 12.5 Å². The fourth-order valence-electron chi connectivity index (χ4n) is 2.53. The van der Waals surface area contributed by atoms with Crippen molar-refractivity contribution < 1.29 is 9.53 Å². The molecule has 2 aromatic heterocycles. The molecule has 0 unspecified atom stereocenters. The Morgan fingerprint density at radius 2 is 2.00 bits per heavy atom. The summed E-state index contributed by atoms with van der Waals surface area (Å²) in [6.07, 6.45) is 1.62. The van der Waals surface area contributed by atoms with Gasteiger partial charge in [-0.1, -0.05) is 6.07 Å². The summed E-state index contributed by atoms with van der Waals surface area (Å²) in [5.74, 6) is 0.459. The lowest BCUT2D eigenvalue weighted by molar-refractivity contribution is -0.118. The molecule has 0 saturated carbocycles. The van der Waals surface area contributed by atoms with Crippen molar-refractivity contribution in [1.82, 2.24) is 14.8 Å². The molecule has 0 saturated heterocycles. The van der Waals surface area contributed by atoms with Crippen molar-refractivity contribution in [3.8, 4) is 5.75 Å². The number of benzene rings is 1. The van der Waals surface area contributed by atoms with Crippen LogP contribution in [0.3, 0.4) is 0 Å². The van der Waals surface area contributed by atoms with Gasteiger partial charge in [-0.05, 0) is 50.1 Å². The van der Waals surface area contributed by atoms with Gasteiger partial charge in [-0.3, -0.25) is 9.48 Å². The maximum Gasteiger partial charge on any atom is 0.262 e. The molecule has 6 heteroatoms. The number of nitrogens with one attached hydrogen (secondary N) is 1. The first kappa shape index (κ1) is 16.0. The van der Waals surface area contributed by atoms with Crippen LogP contribution in [0.25, 0.3) is 11.0 Å². The van der Waals surface area contributed by atoms with Crippen molar-refractivity contribution in [3.05, 3.63) is 47.3 Å². The highest BCUT2D eigenvalue weighted by Gasteiger charge is 2.09. The maximum atomic E-state index is 12.1. The first-order valence-corrected chi connectivity index (χ1v) is 7.73. The van der Waals surface area contributed by atoms with E-state index in [0.717, 1.165) is 22.3 Å². The summed E-state index contributed by atoms with van der Waals surface area (Å²) in [5.41, 5.74) is 4.62. The van der Waals surface area contributed by atoms with Crippen LogP contribution in [0, 0.1) is 20.8 Å². The van der Waals surface area contributed by atoms with E-state index in [9.17, 15) is 4.79 Å². The second-order valence-corrected chi connectivity index (χ2v) is 5.89. The van der Waals surface area contributed by atoms with E-state index in [1.807, 2.05) is 52.1 Å². The quantitative estimate of drug-likeness (QED) is 0.801. The van der Waals surface area contributed by atoms with Gasteiger partial charge in [0.25, 0.3) is 5.91 Å². The largest absolute Gasteiger partial charge is 0.484 e. The number of hydrogen-bond acceptors (Lipinski definition) is 4. The number of rotatable bonds is 4. The molecule has 0 radical (unpaired) electrons. The van der Waals surface area contributed by atoms with E-state index in [1.165, 1.54) is 5.56 Å². The molecular weight excluding hydrogens is 304 g/mol. The predicted octanol–water partition coefficient (Wildman–Crippen LogP) is 2.91. The summed E-state index contributed by atoms with van der Waals surface area (Å²) in [6.45, 7) is 5.92. The van der Waals surface area contributed by atoms with Gasteiger partial charge >= 0.3 is 0 Å². The summed E-state index contributed by atoms with van der Waals surface area (Å²) >= 11 is 0. The normalized spacial score (nSPS) is 10.8. The van der Waals surface area contributed by atoms with Gasteiger partial charge in [0, 0.05) is 12.4 Å². The molecule has 1 N–H and O–H groups in total. The second-order valence-electron chi connectivity index (χ2n) is 5.89. The van der Waals surface area contributed by atoms with Crippen molar-refractivity contribution in [3.63, 3.8) is 0 Å². The van der Waals surface area contributed by atoms with Crippen LogP contribution < -0.4 is 10.1 Å². The molecule has 124 valence electrons. The zero-order chi connectivity index (χ0) is 17.3. The average molecular weight is 324 g/mol. The van der Waals surface area contributed by atoms with Crippen LogP contribution in [0.15, 0.2) is 30.5 Å². The van der Waals surface area contributed by atoms with Crippen molar-refractivity contribution >= 4 is 22.6 Å². The minimum Gasteiger partial charge on any atom is -0.484 e. The Kier molecular flexibility index (Phi) is 4.20. The number of aromatic nitrogens is 3. The van der Waals surface area contributed by atoms with Crippen LogP contribution in [0.4, 0.5) is 5.69 Å². The van der Waals surface area contributed by atoms with Crippen LogP contribution in [0.1, 0.15) is 16.8 Å². The van der Waals surface area contributed by atoms with E-state index < -0.39 is 0 Å². The topological polar surface area (TPSA) is 69.0 Å². The maximum absolute atomic E-state index is 12.1. The Bertz CT molecular complexity index is 915. The number of anilines is 1. The summed E-state index contributed by atoms with van der Waals surface area (Å²) < 4.78 is 7.26. The molecule has 3 aromatic rings. The predicted molar refractivity (Wildman–Crippen MR) is 93.3 cm³/mol. The number of amides is 1. The third-order valence-corrected chi connectivity index (χ3v) is 4.00. The Morgan fingerprint density at radius 1 is 1.21 bits per heavy atom. The molecule has 6 nitrogen and oxygen atoms in total. The lowest BCUT2D eigenvalue weighted by atomic mass is 10.1. The van der Waals surface area contributed by atoms with Crippen LogP contribution in [0.2, 0.25) is 0 Å². The monoisotopic (exact) mass is 324 g/mol. The second kappa shape index (κ2) is 6.31. The average Bonchev–Trinajstić information content (AvgIpc) is 2.83. The molecule has 0 atom stereocenters. The number of nitrogens with zero attached hydrogens (tertiary/aromatic N) is 3. The van der Waals surface area contributed by atoms with E-state index in [4.69, 9.17) is 4.74 Å². The van der Waals surface area contributed by atoms with Gasteiger partial charge in [0.2, 0.25) is 0 Å². The van der Waals surface area contributed by atoms with Gasteiger partial charge in [0.05, 0.1) is 17.6 Å². The minimum absolute atomic E-state index is 0.0490. The number of aryl methyl sites for hydroxylation is 4. The summed E-state index contributed by atoms with van der Waals surface area (Å²) in [5, 5.41) is 8.04. The van der Waals surface area contributed by atoms with Crippen molar-refractivity contribution in [2.75, 3.05) is 11.9 Å². The zero-order valence-corrected chi connectivity index (χ0v) is 14.3. The number of fused-ring (bicyclic) bond motifs is 1. The molecule has 1 aromatic carbocycles. The van der Waals surface area contributed by atoms with Crippen LogP contribution in [-0.2, 0) is 11.8 Å². The van der Waals surface area contributed by atoms with E-state index in [1.54, 1.807) is 10.9 Å². The van der Waals surface area contributed by atoms with Crippen molar-refractivity contribution in [1.29, 1.82) is 0 Å².